The van der Waals surface area contributed by atoms with Gasteiger partial charge < -0.3 is 5.73 Å². The third kappa shape index (κ3) is 2.94. The first kappa shape index (κ1) is 14.8. The van der Waals surface area contributed by atoms with Crippen LogP contribution >= 0.6 is 0 Å². The Balaban J connectivity index is 2.40. The molecule has 0 radical (unpaired) electrons. The molecule has 1 aliphatic carbocycles. The van der Waals surface area contributed by atoms with Crippen molar-refractivity contribution in [1.82, 2.24) is 4.72 Å². The van der Waals surface area contributed by atoms with Crippen molar-refractivity contribution in [2.45, 2.75) is 23.8 Å². The van der Waals surface area contributed by atoms with Crippen LogP contribution in [0, 0.1) is 21.8 Å². The van der Waals surface area contributed by atoms with Crippen LogP contribution in [0.5, 0.6) is 0 Å². The van der Waals surface area contributed by atoms with E-state index in [9.17, 15) is 22.9 Å². The lowest BCUT2D eigenvalue weighted by molar-refractivity contribution is -0.388. The molecule has 20 heavy (non-hydrogen) atoms. The highest BCUT2D eigenvalue weighted by Crippen LogP contribution is 2.34. The molecule has 0 aliphatic heterocycles. The smallest absolute Gasteiger partial charge is 0.292 e. The summed E-state index contributed by atoms with van der Waals surface area (Å²) in [6, 6.07) is 2.38. The van der Waals surface area contributed by atoms with Crippen molar-refractivity contribution in [3.8, 4) is 0 Å². The van der Waals surface area contributed by atoms with Crippen molar-refractivity contribution < 1.29 is 17.7 Å². The molecule has 0 aromatic heterocycles. The Labute approximate surface area is 115 Å². The van der Waals surface area contributed by atoms with Gasteiger partial charge >= 0.3 is 0 Å². The minimum absolute atomic E-state index is 0.0617. The molecule has 1 saturated carbocycles. The van der Waals surface area contributed by atoms with Crippen molar-refractivity contribution in [1.29, 1.82) is 0 Å². The van der Waals surface area contributed by atoms with E-state index in [1.165, 1.54) is 0 Å². The molecule has 1 aliphatic rings. The van der Waals surface area contributed by atoms with Gasteiger partial charge in [0.05, 0.1) is 4.92 Å². The standard InChI is InChI=1S/C11H14FN3O4S/c12-8-2-1-3-10(15(16)17)11(8)20(18,19)14-9(6-13)7-4-5-7/h1-3,7,9,14H,4-6,13H2. The maximum Gasteiger partial charge on any atom is 0.292 e. The topological polar surface area (TPSA) is 115 Å². The minimum Gasteiger partial charge on any atom is -0.329 e. The monoisotopic (exact) mass is 303 g/mol. The number of sulfonamides is 1. The first-order valence-corrected chi connectivity index (χ1v) is 7.50. The highest BCUT2D eigenvalue weighted by atomic mass is 32.2. The zero-order valence-corrected chi connectivity index (χ0v) is 11.3. The normalized spacial score (nSPS) is 16.9. The maximum atomic E-state index is 13.7. The maximum absolute atomic E-state index is 13.7. The Bertz CT molecular complexity index is 631. The number of nitrogens with one attached hydrogen (secondary N) is 1. The molecule has 9 heteroatoms. The van der Waals surface area contributed by atoms with E-state index in [-0.39, 0.29) is 12.5 Å². The van der Waals surface area contributed by atoms with Crippen LogP contribution in [-0.2, 0) is 10.0 Å². The fourth-order valence-electron chi connectivity index (χ4n) is 2.00. The molecule has 1 aromatic carbocycles. The average molecular weight is 303 g/mol. The Morgan fingerprint density at radius 3 is 2.65 bits per heavy atom. The third-order valence-electron chi connectivity index (χ3n) is 3.16. The number of nitro groups is 1. The highest BCUT2D eigenvalue weighted by Gasteiger charge is 2.37. The van der Waals surface area contributed by atoms with Crippen molar-refractivity contribution >= 4 is 15.7 Å². The predicted molar refractivity (Wildman–Crippen MR) is 68.9 cm³/mol. The van der Waals surface area contributed by atoms with E-state index in [0.29, 0.717) is 0 Å². The summed E-state index contributed by atoms with van der Waals surface area (Å²) in [6.45, 7) is 0.0617. The molecule has 0 heterocycles. The molecule has 0 saturated heterocycles. The molecule has 7 nitrogen and oxygen atoms in total. The van der Waals surface area contributed by atoms with E-state index in [0.717, 1.165) is 31.0 Å². The number of halogens is 1. The highest BCUT2D eigenvalue weighted by molar-refractivity contribution is 7.89. The summed E-state index contributed by atoms with van der Waals surface area (Å²) in [6.07, 6.45) is 1.67. The van der Waals surface area contributed by atoms with Gasteiger partial charge in [-0.25, -0.2) is 17.5 Å². The van der Waals surface area contributed by atoms with Crippen LogP contribution in [-0.4, -0.2) is 25.9 Å². The van der Waals surface area contributed by atoms with Crippen LogP contribution < -0.4 is 10.5 Å². The zero-order chi connectivity index (χ0) is 14.9. The lowest BCUT2D eigenvalue weighted by Gasteiger charge is -2.16. The number of nitrogens with zero attached hydrogens (tertiary/aromatic N) is 1. The Morgan fingerprint density at radius 2 is 2.15 bits per heavy atom. The Morgan fingerprint density at radius 1 is 1.50 bits per heavy atom. The van der Waals surface area contributed by atoms with Crippen molar-refractivity contribution in [3.63, 3.8) is 0 Å². The van der Waals surface area contributed by atoms with Gasteiger partial charge in [-0.1, -0.05) is 6.07 Å². The first-order chi connectivity index (χ1) is 9.36. The Kier molecular flexibility index (Phi) is 4.02. The molecule has 0 spiro atoms. The molecule has 0 amide bonds. The van der Waals surface area contributed by atoms with E-state index in [2.05, 4.69) is 4.72 Å². The largest absolute Gasteiger partial charge is 0.329 e. The van der Waals surface area contributed by atoms with Gasteiger partial charge in [-0.2, -0.15) is 0 Å². The number of nitro benzene ring substituents is 1. The summed E-state index contributed by atoms with van der Waals surface area (Å²) < 4.78 is 40.3. The summed E-state index contributed by atoms with van der Waals surface area (Å²) in [5, 5.41) is 10.8. The number of nitrogens with two attached hydrogens (primary N) is 1. The second kappa shape index (κ2) is 5.43. The first-order valence-electron chi connectivity index (χ1n) is 6.02. The van der Waals surface area contributed by atoms with E-state index in [1.807, 2.05) is 0 Å². The number of benzene rings is 1. The van der Waals surface area contributed by atoms with Crippen molar-refractivity contribution in [2.75, 3.05) is 6.54 Å². The van der Waals surface area contributed by atoms with Gasteiger partial charge in [-0.05, 0) is 24.8 Å². The van der Waals surface area contributed by atoms with Crippen molar-refractivity contribution in [3.05, 3.63) is 34.1 Å². The molecule has 110 valence electrons. The molecule has 0 bridgehead atoms. The molecule has 1 fully saturated rings. The number of rotatable bonds is 6. The van der Waals surface area contributed by atoms with Gasteiger partial charge in [-0.3, -0.25) is 10.1 Å². The lowest BCUT2D eigenvalue weighted by atomic mass is 10.2. The molecule has 1 unspecified atom stereocenters. The molecule has 2 rings (SSSR count). The molecule has 1 aromatic rings. The predicted octanol–water partition coefficient (Wildman–Crippen LogP) is 0.749. The summed E-state index contributed by atoms with van der Waals surface area (Å²) in [5.41, 5.74) is 4.69. The van der Waals surface area contributed by atoms with Crippen LogP contribution in [0.2, 0.25) is 0 Å². The third-order valence-corrected chi connectivity index (χ3v) is 4.72. The van der Waals surface area contributed by atoms with Crippen LogP contribution in [0.1, 0.15) is 12.8 Å². The molecule has 1 atom stereocenters. The van der Waals surface area contributed by atoms with E-state index in [1.54, 1.807) is 0 Å². The van der Waals surface area contributed by atoms with E-state index < -0.39 is 37.4 Å². The van der Waals surface area contributed by atoms with E-state index in [4.69, 9.17) is 5.73 Å². The van der Waals surface area contributed by atoms with Crippen LogP contribution in [0.3, 0.4) is 0 Å². The van der Waals surface area contributed by atoms with Gasteiger partial charge in [0.1, 0.15) is 5.82 Å². The number of hydrogen-bond acceptors (Lipinski definition) is 5. The summed E-state index contributed by atoms with van der Waals surface area (Å²) in [4.78, 5) is 8.98. The molecular weight excluding hydrogens is 289 g/mol. The van der Waals surface area contributed by atoms with Gasteiger partial charge in [-0.15, -0.1) is 0 Å². The fourth-order valence-corrected chi connectivity index (χ4v) is 3.55. The van der Waals surface area contributed by atoms with Crippen LogP contribution in [0.25, 0.3) is 0 Å². The molecular formula is C11H14FN3O4S. The van der Waals surface area contributed by atoms with Gasteiger partial charge in [0.15, 0.2) is 4.90 Å². The summed E-state index contributed by atoms with van der Waals surface area (Å²) in [5.74, 6) is -1.04. The molecule has 3 N–H and O–H groups in total. The second-order valence-corrected chi connectivity index (χ2v) is 6.30. The summed E-state index contributed by atoms with van der Waals surface area (Å²) in [7, 11) is -4.33. The average Bonchev–Trinajstić information content (AvgIpc) is 3.19. The minimum atomic E-state index is -4.33. The van der Waals surface area contributed by atoms with Crippen molar-refractivity contribution in [2.24, 2.45) is 11.7 Å². The van der Waals surface area contributed by atoms with Gasteiger partial charge in [0.25, 0.3) is 15.7 Å². The van der Waals surface area contributed by atoms with Gasteiger partial charge in [0, 0.05) is 18.7 Å². The zero-order valence-electron chi connectivity index (χ0n) is 10.5. The van der Waals surface area contributed by atoms with E-state index >= 15 is 0 Å². The Hall–Kier alpha value is -1.58. The van der Waals surface area contributed by atoms with Crippen LogP contribution in [0.15, 0.2) is 23.1 Å². The summed E-state index contributed by atoms with van der Waals surface area (Å²) >= 11 is 0. The fraction of sp³-hybridized carbons (Fsp3) is 0.455. The quantitative estimate of drug-likeness (QED) is 0.594. The number of hydrogen-bond donors (Lipinski definition) is 2. The second-order valence-electron chi connectivity index (χ2n) is 4.65. The van der Waals surface area contributed by atoms with Crippen LogP contribution in [0.4, 0.5) is 10.1 Å². The SMILES string of the molecule is NCC(NS(=O)(=O)c1c(F)cccc1[N+](=O)[O-])C1CC1. The van der Waals surface area contributed by atoms with Gasteiger partial charge in [0.2, 0.25) is 0 Å². The lowest BCUT2D eigenvalue weighted by Crippen LogP contribution is -2.42.